The third-order valence-corrected chi connectivity index (χ3v) is 3.97. The van der Waals surface area contributed by atoms with Crippen LogP contribution >= 0.6 is 11.6 Å². The zero-order valence-electron chi connectivity index (χ0n) is 15.3. The van der Waals surface area contributed by atoms with Gasteiger partial charge in [-0.3, -0.25) is 0 Å². The number of methoxy groups -OCH3 is 2. The van der Waals surface area contributed by atoms with Crippen LogP contribution in [0.5, 0.6) is 17.2 Å². The molecule has 5 heteroatoms. The number of para-hydroxylation sites is 1. The van der Waals surface area contributed by atoms with Crippen molar-refractivity contribution in [2.75, 3.05) is 20.8 Å². The lowest BCUT2D eigenvalue weighted by Crippen LogP contribution is -2.18. The van der Waals surface area contributed by atoms with Crippen LogP contribution in [0, 0.1) is 0 Å². The van der Waals surface area contributed by atoms with Crippen LogP contribution in [0.3, 0.4) is 0 Å². The lowest BCUT2D eigenvalue weighted by atomic mass is 10.1. The highest BCUT2D eigenvalue weighted by molar-refractivity contribution is 6.30. The van der Waals surface area contributed by atoms with Gasteiger partial charge in [-0.05, 0) is 44.5 Å². The molecule has 0 saturated heterocycles. The van der Waals surface area contributed by atoms with E-state index >= 15 is 0 Å². The minimum absolute atomic E-state index is 0.0578. The van der Waals surface area contributed by atoms with Crippen LogP contribution in [0.2, 0.25) is 5.02 Å². The molecule has 1 N–H and O–H groups in total. The first-order valence-corrected chi connectivity index (χ1v) is 8.78. The molecule has 0 fully saturated rings. The van der Waals surface area contributed by atoms with Crippen LogP contribution in [-0.2, 0) is 13.0 Å². The number of nitrogens with one attached hydrogen (secondary N) is 1. The van der Waals surface area contributed by atoms with E-state index in [2.05, 4.69) is 11.4 Å². The van der Waals surface area contributed by atoms with E-state index in [9.17, 15) is 0 Å². The maximum atomic E-state index is 6.21. The number of hydrogen-bond donors (Lipinski definition) is 1. The van der Waals surface area contributed by atoms with Gasteiger partial charge in [0.15, 0.2) is 11.5 Å². The van der Waals surface area contributed by atoms with Crippen molar-refractivity contribution in [1.29, 1.82) is 0 Å². The highest BCUT2D eigenvalue weighted by Crippen LogP contribution is 2.35. The molecule has 2 aromatic carbocycles. The fourth-order valence-corrected chi connectivity index (χ4v) is 2.86. The van der Waals surface area contributed by atoms with E-state index < -0.39 is 0 Å². The smallest absolute Gasteiger partial charge is 0.166 e. The van der Waals surface area contributed by atoms with Crippen molar-refractivity contribution in [3.63, 3.8) is 0 Å². The molecule has 136 valence electrons. The number of ether oxygens (including phenoxy) is 3. The second-order valence-electron chi connectivity index (χ2n) is 6.00. The summed E-state index contributed by atoms with van der Waals surface area (Å²) in [6.07, 6.45) is 0.935. The predicted molar refractivity (Wildman–Crippen MR) is 102 cm³/mol. The largest absolute Gasteiger partial charge is 0.496 e. The Hall–Kier alpha value is -1.91. The molecule has 0 bridgehead atoms. The Balaban J connectivity index is 2.03. The Morgan fingerprint density at radius 1 is 1.00 bits per heavy atom. The van der Waals surface area contributed by atoms with Crippen LogP contribution < -0.4 is 19.5 Å². The van der Waals surface area contributed by atoms with Crippen molar-refractivity contribution in [2.45, 2.75) is 32.9 Å². The lowest BCUT2D eigenvalue weighted by molar-refractivity contribution is 0.227. The number of benzene rings is 2. The molecule has 2 rings (SSSR count). The summed E-state index contributed by atoms with van der Waals surface area (Å²) in [5.41, 5.74) is 2.16. The van der Waals surface area contributed by atoms with Gasteiger partial charge in [0.1, 0.15) is 5.75 Å². The highest BCUT2D eigenvalue weighted by atomic mass is 35.5. The summed E-state index contributed by atoms with van der Waals surface area (Å²) in [4.78, 5) is 0. The first-order valence-electron chi connectivity index (χ1n) is 8.40. The van der Waals surface area contributed by atoms with E-state index in [0.717, 1.165) is 30.0 Å². The molecular formula is C20H26ClNO3. The number of rotatable bonds is 9. The Morgan fingerprint density at radius 3 is 2.40 bits per heavy atom. The number of hydrogen-bond acceptors (Lipinski definition) is 4. The van der Waals surface area contributed by atoms with Crippen LogP contribution in [-0.4, -0.2) is 26.9 Å². The fraction of sp³-hybridized carbons (Fsp3) is 0.400. The summed E-state index contributed by atoms with van der Waals surface area (Å²) in [7, 11) is 3.32. The van der Waals surface area contributed by atoms with Gasteiger partial charge < -0.3 is 19.5 Å². The maximum absolute atomic E-state index is 6.21. The molecule has 0 radical (unpaired) electrons. The van der Waals surface area contributed by atoms with Gasteiger partial charge in [0.05, 0.1) is 20.3 Å². The average molecular weight is 364 g/mol. The molecule has 0 spiro atoms. The normalized spacial score (nSPS) is 10.8. The topological polar surface area (TPSA) is 39.7 Å². The van der Waals surface area contributed by atoms with Crippen LogP contribution in [0.1, 0.15) is 25.0 Å². The molecule has 0 amide bonds. The van der Waals surface area contributed by atoms with Crippen molar-refractivity contribution >= 4 is 11.6 Å². The summed E-state index contributed by atoms with van der Waals surface area (Å²) < 4.78 is 16.7. The Bertz CT molecular complexity index is 689. The predicted octanol–water partition coefficient (Wildman–Crippen LogP) is 4.48. The summed E-state index contributed by atoms with van der Waals surface area (Å²) in [6.45, 7) is 5.45. The lowest BCUT2D eigenvalue weighted by Gasteiger charge is -2.18. The summed E-state index contributed by atoms with van der Waals surface area (Å²) >= 11 is 6.21. The second-order valence-corrected chi connectivity index (χ2v) is 6.44. The van der Waals surface area contributed by atoms with Gasteiger partial charge in [-0.15, -0.1) is 0 Å². The minimum atomic E-state index is 0.0578. The van der Waals surface area contributed by atoms with E-state index in [1.165, 1.54) is 5.56 Å². The van der Waals surface area contributed by atoms with E-state index in [0.29, 0.717) is 17.3 Å². The molecule has 2 aromatic rings. The molecule has 0 heterocycles. The first-order chi connectivity index (χ1) is 12.0. The van der Waals surface area contributed by atoms with Gasteiger partial charge in [-0.2, -0.15) is 0 Å². The average Bonchev–Trinajstić information content (AvgIpc) is 2.60. The second kappa shape index (κ2) is 9.54. The molecule has 0 unspecified atom stereocenters. The highest BCUT2D eigenvalue weighted by Gasteiger charge is 2.14. The first kappa shape index (κ1) is 19.4. The van der Waals surface area contributed by atoms with Crippen molar-refractivity contribution in [2.24, 2.45) is 0 Å². The van der Waals surface area contributed by atoms with E-state index in [1.54, 1.807) is 20.3 Å². The van der Waals surface area contributed by atoms with E-state index in [-0.39, 0.29) is 6.10 Å². The molecular weight excluding hydrogens is 338 g/mol. The Kier molecular flexibility index (Phi) is 7.41. The monoisotopic (exact) mass is 363 g/mol. The molecule has 0 aliphatic rings. The Labute approximate surface area is 155 Å². The van der Waals surface area contributed by atoms with E-state index in [1.807, 2.05) is 38.1 Å². The quantitative estimate of drug-likeness (QED) is 0.667. The molecule has 4 nitrogen and oxygen atoms in total. The van der Waals surface area contributed by atoms with Crippen molar-refractivity contribution in [3.05, 3.63) is 52.5 Å². The minimum Gasteiger partial charge on any atom is -0.496 e. The van der Waals surface area contributed by atoms with Gasteiger partial charge in [-0.1, -0.05) is 29.8 Å². The van der Waals surface area contributed by atoms with Crippen LogP contribution in [0.25, 0.3) is 0 Å². The summed E-state index contributed by atoms with van der Waals surface area (Å²) in [5, 5.41) is 4.08. The van der Waals surface area contributed by atoms with Crippen molar-refractivity contribution < 1.29 is 14.2 Å². The third-order valence-electron chi connectivity index (χ3n) is 3.75. The zero-order valence-corrected chi connectivity index (χ0v) is 16.0. The van der Waals surface area contributed by atoms with Crippen molar-refractivity contribution in [3.8, 4) is 17.2 Å². The molecule has 0 atom stereocenters. The van der Waals surface area contributed by atoms with E-state index in [4.69, 9.17) is 25.8 Å². The van der Waals surface area contributed by atoms with Gasteiger partial charge in [-0.25, -0.2) is 0 Å². The van der Waals surface area contributed by atoms with Gasteiger partial charge in [0.2, 0.25) is 0 Å². The molecule has 0 aliphatic carbocycles. The Morgan fingerprint density at radius 2 is 1.72 bits per heavy atom. The van der Waals surface area contributed by atoms with Crippen molar-refractivity contribution in [1.82, 2.24) is 5.32 Å². The molecule has 25 heavy (non-hydrogen) atoms. The van der Waals surface area contributed by atoms with Gasteiger partial charge in [0, 0.05) is 23.2 Å². The maximum Gasteiger partial charge on any atom is 0.166 e. The van der Waals surface area contributed by atoms with Gasteiger partial charge in [0.25, 0.3) is 0 Å². The zero-order chi connectivity index (χ0) is 18.2. The standard InChI is InChI=1S/C20H26ClNO3/c1-14(2)25-20-16(11-17(21)12-19(20)24-4)13-22-10-9-15-7-5-6-8-18(15)23-3/h5-8,11-12,14,22H,9-10,13H2,1-4H3. The van der Waals surface area contributed by atoms with Crippen LogP contribution in [0.15, 0.2) is 36.4 Å². The fourth-order valence-electron chi connectivity index (χ4n) is 2.63. The SMILES string of the molecule is COc1ccccc1CCNCc1cc(Cl)cc(OC)c1OC(C)C. The summed E-state index contributed by atoms with van der Waals surface area (Å²) in [5.74, 6) is 2.31. The number of halogens is 1. The van der Waals surface area contributed by atoms with Crippen LogP contribution in [0.4, 0.5) is 0 Å². The van der Waals surface area contributed by atoms with Gasteiger partial charge >= 0.3 is 0 Å². The molecule has 0 aliphatic heterocycles. The third kappa shape index (κ3) is 5.55. The molecule has 0 aromatic heterocycles. The summed E-state index contributed by atoms with van der Waals surface area (Å²) in [6, 6.07) is 11.7. The molecule has 0 saturated carbocycles.